The average Bonchev–Trinajstić information content (AvgIpc) is 2.94. The first-order valence-corrected chi connectivity index (χ1v) is 6.72. The van der Waals surface area contributed by atoms with Crippen LogP contribution in [-0.2, 0) is 4.74 Å². The lowest BCUT2D eigenvalue weighted by Crippen LogP contribution is -2.33. The maximum Gasteiger partial charge on any atom is 0.164 e. The monoisotopic (exact) mass is 318 g/mol. The van der Waals surface area contributed by atoms with Crippen molar-refractivity contribution in [3.8, 4) is 0 Å². The Kier molecular flexibility index (Phi) is 3.62. The summed E-state index contributed by atoms with van der Waals surface area (Å²) < 4.78 is 7.01. The molecule has 6 nitrogen and oxygen atoms in total. The summed E-state index contributed by atoms with van der Waals surface area (Å²) in [5, 5.41) is 29.6. The number of fused-ring (bicyclic) bond motifs is 1. The van der Waals surface area contributed by atoms with Crippen LogP contribution in [0.15, 0.2) is 18.5 Å². The standard InChI is InChI=1S/C12H12Cl2N2O4/c13-5-1-7-8(2-6(5)14)16(4-15-7)12-11(19)10(18)9(3-17)20-12/h1-2,4,9-12,17-19H,3H2/t9-,10?,11?,12-/m1/s1. The van der Waals surface area contributed by atoms with Gasteiger partial charge < -0.3 is 24.6 Å². The minimum atomic E-state index is -1.17. The van der Waals surface area contributed by atoms with E-state index in [1.807, 2.05) is 0 Å². The number of halogens is 2. The number of aliphatic hydroxyl groups excluding tert-OH is 3. The predicted molar refractivity (Wildman–Crippen MR) is 72.8 cm³/mol. The Hall–Kier alpha value is -0.890. The van der Waals surface area contributed by atoms with E-state index >= 15 is 0 Å². The lowest BCUT2D eigenvalue weighted by atomic mass is 10.1. The fourth-order valence-corrected chi connectivity index (χ4v) is 2.65. The summed E-state index contributed by atoms with van der Waals surface area (Å²) in [6, 6.07) is 3.22. The molecule has 1 fully saturated rings. The molecule has 0 spiro atoms. The molecule has 0 aliphatic carbocycles. The number of aliphatic hydroxyl groups is 3. The van der Waals surface area contributed by atoms with Crippen molar-refractivity contribution >= 4 is 34.2 Å². The van der Waals surface area contributed by atoms with Crippen LogP contribution in [0.4, 0.5) is 0 Å². The predicted octanol–water partition coefficient (Wildman–Crippen LogP) is 0.955. The molecule has 0 saturated carbocycles. The van der Waals surface area contributed by atoms with E-state index in [1.165, 1.54) is 6.33 Å². The Morgan fingerprint density at radius 3 is 2.55 bits per heavy atom. The van der Waals surface area contributed by atoms with E-state index in [2.05, 4.69) is 4.98 Å². The zero-order chi connectivity index (χ0) is 14.4. The highest BCUT2D eigenvalue weighted by Gasteiger charge is 2.43. The van der Waals surface area contributed by atoms with Gasteiger partial charge in [0.1, 0.15) is 18.3 Å². The Balaban J connectivity index is 2.05. The molecule has 1 aromatic heterocycles. The van der Waals surface area contributed by atoms with Gasteiger partial charge in [-0.25, -0.2) is 4.98 Å². The van der Waals surface area contributed by atoms with Gasteiger partial charge in [0.2, 0.25) is 0 Å². The Morgan fingerprint density at radius 1 is 1.20 bits per heavy atom. The molecule has 0 bridgehead atoms. The number of ether oxygens (including phenoxy) is 1. The molecule has 3 N–H and O–H groups in total. The van der Waals surface area contributed by atoms with Gasteiger partial charge in [-0.05, 0) is 12.1 Å². The maximum atomic E-state index is 10.0. The summed E-state index contributed by atoms with van der Waals surface area (Å²) >= 11 is 11.9. The Labute approximate surface area is 124 Å². The van der Waals surface area contributed by atoms with E-state index < -0.39 is 24.5 Å². The second kappa shape index (κ2) is 5.14. The quantitative estimate of drug-likeness (QED) is 0.767. The molecule has 0 radical (unpaired) electrons. The molecule has 1 aromatic carbocycles. The van der Waals surface area contributed by atoms with Crippen molar-refractivity contribution in [3.05, 3.63) is 28.5 Å². The molecule has 2 aromatic rings. The first kappa shape index (κ1) is 14.1. The number of hydrogen-bond donors (Lipinski definition) is 3. The summed E-state index contributed by atoms with van der Waals surface area (Å²) in [6.07, 6.45) is -2.54. The summed E-state index contributed by atoms with van der Waals surface area (Å²) in [5.74, 6) is 0. The number of aromatic nitrogens is 2. The van der Waals surface area contributed by atoms with Crippen LogP contribution in [0.25, 0.3) is 11.0 Å². The second-order valence-corrected chi connectivity index (χ2v) is 5.45. The maximum absolute atomic E-state index is 10.0. The topological polar surface area (TPSA) is 87.7 Å². The van der Waals surface area contributed by atoms with Crippen molar-refractivity contribution in [1.82, 2.24) is 9.55 Å². The van der Waals surface area contributed by atoms with Gasteiger partial charge in [-0.1, -0.05) is 23.2 Å². The molecule has 20 heavy (non-hydrogen) atoms. The molecule has 1 aliphatic rings. The van der Waals surface area contributed by atoms with Crippen molar-refractivity contribution < 1.29 is 20.1 Å². The van der Waals surface area contributed by atoms with Gasteiger partial charge in [-0.2, -0.15) is 0 Å². The molecule has 3 rings (SSSR count). The van der Waals surface area contributed by atoms with Crippen LogP contribution < -0.4 is 0 Å². The molecule has 2 unspecified atom stereocenters. The number of hydrogen-bond acceptors (Lipinski definition) is 5. The van der Waals surface area contributed by atoms with Gasteiger partial charge in [0.15, 0.2) is 6.23 Å². The molecule has 108 valence electrons. The van der Waals surface area contributed by atoms with Gasteiger partial charge >= 0.3 is 0 Å². The van der Waals surface area contributed by atoms with Crippen molar-refractivity contribution in [3.63, 3.8) is 0 Å². The van der Waals surface area contributed by atoms with E-state index in [-0.39, 0.29) is 6.61 Å². The first-order chi connectivity index (χ1) is 9.52. The Morgan fingerprint density at radius 2 is 1.90 bits per heavy atom. The third kappa shape index (κ3) is 2.09. The van der Waals surface area contributed by atoms with Crippen LogP contribution in [-0.4, -0.2) is 49.8 Å². The number of nitrogens with zero attached hydrogens (tertiary/aromatic N) is 2. The van der Waals surface area contributed by atoms with Crippen LogP contribution in [0.1, 0.15) is 6.23 Å². The van der Waals surface area contributed by atoms with Gasteiger partial charge in [0, 0.05) is 0 Å². The Bertz CT molecular complexity index is 648. The van der Waals surface area contributed by atoms with Crippen molar-refractivity contribution in [2.75, 3.05) is 6.61 Å². The zero-order valence-electron chi connectivity index (χ0n) is 10.1. The van der Waals surface area contributed by atoms with Crippen LogP contribution in [0.2, 0.25) is 10.0 Å². The second-order valence-electron chi connectivity index (χ2n) is 4.64. The minimum absolute atomic E-state index is 0.354. The van der Waals surface area contributed by atoms with Crippen molar-refractivity contribution in [2.45, 2.75) is 24.5 Å². The SMILES string of the molecule is OC[C@H]1O[C@@H](n2cnc3cc(Cl)c(Cl)cc32)C(O)C1O. The van der Waals surface area contributed by atoms with Gasteiger partial charge in [0.05, 0.1) is 34.0 Å². The summed E-state index contributed by atoms with van der Waals surface area (Å²) in [5.41, 5.74) is 1.21. The van der Waals surface area contributed by atoms with E-state index in [0.29, 0.717) is 21.1 Å². The van der Waals surface area contributed by atoms with Crippen molar-refractivity contribution in [2.24, 2.45) is 0 Å². The molecule has 0 amide bonds. The van der Waals surface area contributed by atoms with Crippen LogP contribution >= 0.6 is 23.2 Å². The molecular weight excluding hydrogens is 307 g/mol. The fourth-order valence-electron chi connectivity index (χ4n) is 2.34. The van der Waals surface area contributed by atoms with Crippen LogP contribution in [0.5, 0.6) is 0 Å². The highest BCUT2D eigenvalue weighted by Crippen LogP contribution is 2.34. The third-order valence-electron chi connectivity index (χ3n) is 3.41. The van der Waals surface area contributed by atoms with E-state index in [1.54, 1.807) is 16.7 Å². The van der Waals surface area contributed by atoms with Crippen molar-refractivity contribution in [1.29, 1.82) is 0 Å². The molecule has 8 heteroatoms. The number of rotatable bonds is 2. The minimum Gasteiger partial charge on any atom is -0.394 e. The molecular formula is C12H12Cl2N2O4. The molecule has 1 saturated heterocycles. The number of imidazole rings is 1. The highest BCUT2D eigenvalue weighted by atomic mass is 35.5. The summed E-state index contributed by atoms with van der Waals surface area (Å²) in [4.78, 5) is 4.16. The van der Waals surface area contributed by atoms with Crippen LogP contribution in [0, 0.1) is 0 Å². The van der Waals surface area contributed by atoms with Gasteiger partial charge in [-0.15, -0.1) is 0 Å². The summed E-state index contributed by atoms with van der Waals surface area (Å²) in [6.45, 7) is -0.381. The molecule has 2 heterocycles. The highest BCUT2D eigenvalue weighted by molar-refractivity contribution is 6.42. The van der Waals surface area contributed by atoms with Gasteiger partial charge in [0.25, 0.3) is 0 Å². The van der Waals surface area contributed by atoms with E-state index in [4.69, 9.17) is 33.0 Å². The first-order valence-electron chi connectivity index (χ1n) is 5.97. The number of benzene rings is 1. The normalized spacial score (nSPS) is 30.2. The fraction of sp³-hybridized carbons (Fsp3) is 0.417. The lowest BCUT2D eigenvalue weighted by Gasteiger charge is -2.17. The third-order valence-corrected chi connectivity index (χ3v) is 4.13. The molecule has 4 atom stereocenters. The summed E-state index contributed by atoms with van der Waals surface area (Å²) in [7, 11) is 0. The van der Waals surface area contributed by atoms with Gasteiger partial charge in [-0.3, -0.25) is 0 Å². The van der Waals surface area contributed by atoms with Crippen LogP contribution in [0.3, 0.4) is 0 Å². The lowest BCUT2D eigenvalue weighted by molar-refractivity contribution is -0.0508. The molecule has 1 aliphatic heterocycles. The van der Waals surface area contributed by atoms with E-state index in [0.717, 1.165) is 0 Å². The van der Waals surface area contributed by atoms with E-state index in [9.17, 15) is 10.2 Å². The smallest absolute Gasteiger partial charge is 0.164 e. The zero-order valence-corrected chi connectivity index (χ0v) is 11.7. The largest absolute Gasteiger partial charge is 0.394 e. The average molecular weight is 319 g/mol.